The Morgan fingerprint density at radius 2 is 2.00 bits per heavy atom. The maximum absolute atomic E-state index is 12.8. The van der Waals surface area contributed by atoms with E-state index in [9.17, 15) is 9.59 Å². The SMILES string of the molecule is CN(C[C@@H]1CCCN2CCCC[C@H]12)C(=O)Cn1cnc2ccccc2c1=O. The van der Waals surface area contributed by atoms with Gasteiger partial charge in [-0.2, -0.15) is 0 Å². The van der Waals surface area contributed by atoms with Crippen molar-refractivity contribution in [3.8, 4) is 0 Å². The molecule has 4 rings (SSSR count). The van der Waals surface area contributed by atoms with Crippen LogP contribution >= 0.6 is 0 Å². The van der Waals surface area contributed by atoms with Crippen LogP contribution in [0.3, 0.4) is 0 Å². The van der Waals surface area contributed by atoms with Crippen LogP contribution in [0.1, 0.15) is 32.1 Å². The van der Waals surface area contributed by atoms with E-state index in [-0.39, 0.29) is 18.0 Å². The molecule has 0 unspecified atom stereocenters. The molecule has 1 aromatic carbocycles. The second-order valence-electron chi connectivity index (χ2n) is 7.97. The standard InChI is InChI=1S/C21H28N4O2/c1-23(13-16-7-6-12-24-11-5-4-10-19(16)24)20(26)14-25-15-22-18-9-3-2-8-17(18)21(25)27/h2-3,8-9,15-16,19H,4-7,10-14H2,1H3/t16-,19+/m0/s1. The van der Waals surface area contributed by atoms with Gasteiger partial charge in [-0.1, -0.05) is 18.6 Å². The lowest BCUT2D eigenvalue weighted by molar-refractivity contribution is -0.131. The van der Waals surface area contributed by atoms with Crippen molar-refractivity contribution in [3.05, 3.63) is 40.9 Å². The molecule has 144 valence electrons. The van der Waals surface area contributed by atoms with Crippen molar-refractivity contribution in [1.82, 2.24) is 19.4 Å². The largest absolute Gasteiger partial charge is 0.344 e. The van der Waals surface area contributed by atoms with Crippen LogP contribution in [-0.4, -0.2) is 58.0 Å². The van der Waals surface area contributed by atoms with Crippen LogP contribution in [0, 0.1) is 5.92 Å². The van der Waals surface area contributed by atoms with E-state index in [1.807, 2.05) is 30.1 Å². The van der Waals surface area contributed by atoms with Gasteiger partial charge in [-0.25, -0.2) is 4.98 Å². The first-order valence-electron chi connectivity index (χ1n) is 10.1. The van der Waals surface area contributed by atoms with E-state index in [0.29, 0.717) is 22.9 Å². The van der Waals surface area contributed by atoms with E-state index in [1.165, 1.54) is 56.1 Å². The van der Waals surface area contributed by atoms with Gasteiger partial charge in [-0.3, -0.25) is 14.2 Å². The minimum Gasteiger partial charge on any atom is -0.344 e. The number of hydrogen-bond acceptors (Lipinski definition) is 4. The summed E-state index contributed by atoms with van der Waals surface area (Å²) in [5.41, 5.74) is 0.512. The first-order chi connectivity index (χ1) is 13.1. The van der Waals surface area contributed by atoms with E-state index in [2.05, 4.69) is 9.88 Å². The van der Waals surface area contributed by atoms with Crippen molar-refractivity contribution < 1.29 is 4.79 Å². The summed E-state index contributed by atoms with van der Waals surface area (Å²) in [5, 5.41) is 0.556. The number of nitrogens with zero attached hydrogens (tertiary/aromatic N) is 4. The predicted octanol–water partition coefficient (Wildman–Crippen LogP) is 2.12. The summed E-state index contributed by atoms with van der Waals surface area (Å²) >= 11 is 0. The molecule has 1 amide bonds. The molecule has 2 aromatic rings. The molecule has 0 N–H and O–H groups in total. The zero-order chi connectivity index (χ0) is 18.8. The van der Waals surface area contributed by atoms with Crippen molar-refractivity contribution in [2.24, 2.45) is 5.92 Å². The van der Waals surface area contributed by atoms with Crippen LogP contribution < -0.4 is 5.56 Å². The van der Waals surface area contributed by atoms with Crippen molar-refractivity contribution in [1.29, 1.82) is 0 Å². The summed E-state index contributed by atoms with van der Waals surface area (Å²) in [7, 11) is 1.86. The Morgan fingerprint density at radius 1 is 1.19 bits per heavy atom. The number of piperidine rings is 2. The van der Waals surface area contributed by atoms with Crippen molar-refractivity contribution in [2.45, 2.75) is 44.7 Å². The third kappa shape index (κ3) is 3.76. The number of aromatic nitrogens is 2. The highest BCUT2D eigenvalue weighted by molar-refractivity contribution is 5.78. The molecule has 0 bridgehead atoms. The lowest BCUT2D eigenvalue weighted by Gasteiger charge is -2.45. The van der Waals surface area contributed by atoms with Gasteiger partial charge in [-0.05, 0) is 56.8 Å². The smallest absolute Gasteiger partial charge is 0.261 e. The number of likely N-dealkylation sites (N-methyl/N-ethyl adjacent to an activating group) is 1. The number of rotatable bonds is 4. The van der Waals surface area contributed by atoms with Crippen LogP contribution in [0.4, 0.5) is 0 Å². The zero-order valence-electron chi connectivity index (χ0n) is 16.0. The van der Waals surface area contributed by atoms with E-state index in [0.717, 1.165) is 6.54 Å². The molecule has 0 spiro atoms. The van der Waals surface area contributed by atoms with Crippen LogP contribution in [0.2, 0.25) is 0 Å². The Labute approximate surface area is 159 Å². The van der Waals surface area contributed by atoms with Gasteiger partial charge in [0.05, 0.1) is 17.2 Å². The second kappa shape index (κ2) is 7.80. The third-order valence-corrected chi connectivity index (χ3v) is 6.20. The Kier molecular flexibility index (Phi) is 5.25. The maximum atomic E-state index is 12.8. The summed E-state index contributed by atoms with van der Waals surface area (Å²) in [5.74, 6) is 0.515. The fourth-order valence-corrected chi connectivity index (χ4v) is 4.73. The van der Waals surface area contributed by atoms with Crippen LogP contribution in [0.15, 0.2) is 35.4 Å². The van der Waals surface area contributed by atoms with E-state index in [4.69, 9.17) is 0 Å². The number of amides is 1. The van der Waals surface area contributed by atoms with Gasteiger partial charge in [0.2, 0.25) is 5.91 Å². The Balaban J connectivity index is 1.43. The summed E-state index contributed by atoms with van der Waals surface area (Å²) in [6, 6.07) is 7.87. The van der Waals surface area contributed by atoms with Gasteiger partial charge in [0.15, 0.2) is 0 Å². The molecule has 2 aliphatic rings. The summed E-state index contributed by atoms with van der Waals surface area (Å²) in [6.45, 7) is 3.23. The predicted molar refractivity (Wildman–Crippen MR) is 106 cm³/mol. The summed E-state index contributed by atoms with van der Waals surface area (Å²) in [4.78, 5) is 34.1. The summed E-state index contributed by atoms with van der Waals surface area (Å²) < 4.78 is 1.43. The molecule has 0 saturated carbocycles. The van der Waals surface area contributed by atoms with E-state index in [1.54, 1.807) is 6.07 Å². The average Bonchev–Trinajstić information content (AvgIpc) is 2.70. The highest BCUT2D eigenvalue weighted by Crippen LogP contribution is 2.31. The fraction of sp³-hybridized carbons (Fsp3) is 0.571. The topological polar surface area (TPSA) is 58.4 Å². The zero-order valence-corrected chi connectivity index (χ0v) is 16.0. The van der Waals surface area contributed by atoms with Gasteiger partial charge < -0.3 is 9.80 Å². The number of carbonyl (C=O) groups is 1. The highest BCUT2D eigenvalue weighted by Gasteiger charge is 2.34. The maximum Gasteiger partial charge on any atom is 0.261 e. The average molecular weight is 368 g/mol. The van der Waals surface area contributed by atoms with Gasteiger partial charge in [0, 0.05) is 19.6 Å². The molecule has 0 radical (unpaired) electrons. The number of hydrogen-bond donors (Lipinski definition) is 0. The lowest BCUT2D eigenvalue weighted by atomic mass is 9.83. The molecular weight excluding hydrogens is 340 g/mol. The molecule has 2 saturated heterocycles. The van der Waals surface area contributed by atoms with Crippen LogP contribution in [-0.2, 0) is 11.3 Å². The molecule has 1 aromatic heterocycles. The number of carbonyl (C=O) groups excluding carboxylic acids is 1. The highest BCUT2D eigenvalue weighted by atomic mass is 16.2. The van der Waals surface area contributed by atoms with E-state index < -0.39 is 0 Å². The quantitative estimate of drug-likeness (QED) is 0.829. The first kappa shape index (κ1) is 18.2. The van der Waals surface area contributed by atoms with Gasteiger partial charge in [0.1, 0.15) is 6.54 Å². The minimum absolute atomic E-state index is 0.0258. The number of benzene rings is 1. The molecule has 27 heavy (non-hydrogen) atoms. The lowest BCUT2D eigenvalue weighted by Crippen LogP contribution is -2.51. The molecule has 2 aliphatic heterocycles. The molecule has 2 atom stereocenters. The van der Waals surface area contributed by atoms with Gasteiger partial charge >= 0.3 is 0 Å². The third-order valence-electron chi connectivity index (χ3n) is 6.20. The monoisotopic (exact) mass is 368 g/mol. The number of para-hydroxylation sites is 1. The first-order valence-corrected chi connectivity index (χ1v) is 10.1. The fourth-order valence-electron chi connectivity index (χ4n) is 4.73. The molecule has 0 aliphatic carbocycles. The Bertz CT molecular complexity index is 876. The van der Waals surface area contributed by atoms with Gasteiger partial charge in [0.25, 0.3) is 5.56 Å². The van der Waals surface area contributed by atoms with Crippen LogP contribution in [0.25, 0.3) is 10.9 Å². The van der Waals surface area contributed by atoms with Crippen molar-refractivity contribution in [3.63, 3.8) is 0 Å². The second-order valence-corrected chi connectivity index (χ2v) is 7.97. The van der Waals surface area contributed by atoms with Crippen LogP contribution in [0.5, 0.6) is 0 Å². The molecule has 2 fully saturated rings. The van der Waals surface area contributed by atoms with Crippen molar-refractivity contribution >= 4 is 16.8 Å². The van der Waals surface area contributed by atoms with Crippen molar-refractivity contribution in [2.75, 3.05) is 26.7 Å². The number of fused-ring (bicyclic) bond motifs is 2. The summed E-state index contributed by atoms with van der Waals surface area (Å²) in [6.07, 6.45) is 7.75. The Morgan fingerprint density at radius 3 is 2.89 bits per heavy atom. The molecular formula is C21H28N4O2. The normalized spacial score (nSPS) is 23.1. The molecule has 3 heterocycles. The molecule has 6 nitrogen and oxygen atoms in total. The van der Waals surface area contributed by atoms with Gasteiger partial charge in [-0.15, -0.1) is 0 Å². The minimum atomic E-state index is -0.154. The molecule has 6 heteroatoms. The van der Waals surface area contributed by atoms with E-state index >= 15 is 0 Å². The Hall–Kier alpha value is -2.21.